The molecular weight excluding hydrogens is 192 g/mol. The van der Waals surface area contributed by atoms with Crippen molar-refractivity contribution in [3.8, 4) is 0 Å². The predicted octanol–water partition coefficient (Wildman–Crippen LogP) is 2.27. The zero-order valence-electron chi connectivity index (χ0n) is 9.18. The Morgan fingerprint density at radius 2 is 1.87 bits per heavy atom. The largest absolute Gasteiger partial charge is 0.411 e. The van der Waals surface area contributed by atoms with E-state index in [4.69, 9.17) is 5.21 Å². The minimum Gasteiger partial charge on any atom is -0.411 e. The third-order valence-electron chi connectivity index (χ3n) is 2.52. The lowest BCUT2D eigenvalue weighted by Gasteiger charge is -2.18. The summed E-state index contributed by atoms with van der Waals surface area (Å²) in [7, 11) is 1.61. The van der Waals surface area contributed by atoms with E-state index in [1.165, 1.54) is 0 Å². The van der Waals surface area contributed by atoms with Gasteiger partial charge in [0.25, 0.3) is 0 Å². The third kappa shape index (κ3) is 2.78. The van der Waals surface area contributed by atoms with E-state index in [-0.39, 0.29) is 6.04 Å². The molecule has 0 aliphatic carbocycles. The molecule has 1 aromatic rings. The normalized spacial score (nSPS) is 14.3. The highest BCUT2D eigenvalue weighted by molar-refractivity contribution is 5.98. The molecule has 0 aliphatic rings. The van der Waals surface area contributed by atoms with Crippen molar-refractivity contribution < 1.29 is 10.4 Å². The van der Waals surface area contributed by atoms with E-state index in [0.717, 1.165) is 16.2 Å². The summed E-state index contributed by atoms with van der Waals surface area (Å²) in [6, 6.07) is 7.49. The van der Waals surface area contributed by atoms with Crippen molar-refractivity contribution in [2.45, 2.75) is 19.9 Å². The minimum atomic E-state index is -0.0505. The molecule has 0 spiro atoms. The van der Waals surface area contributed by atoms with Crippen molar-refractivity contribution in [2.75, 3.05) is 7.05 Å². The zero-order valence-corrected chi connectivity index (χ0v) is 9.18. The fourth-order valence-corrected chi connectivity index (χ4v) is 1.28. The Labute approximate surface area is 89.4 Å². The first-order valence-corrected chi connectivity index (χ1v) is 4.77. The third-order valence-corrected chi connectivity index (χ3v) is 2.52. The second-order valence-electron chi connectivity index (χ2n) is 3.56. The Balaban J connectivity index is 2.90. The van der Waals surface area contributed by atoms with Crippen LogP contribution in [0.25, 0.3) is 0 Å². The van der Waals surface area contributed by atoms with Crippen LogP contribution in [0, 0.1) is 0 Å². The van der Waals surface area contributed by atoms with Gasteiger partial charge in [0.05, 0.1) is 11.8 Å². The van der Waals surface area contributed by atoms with Crippen molar-refractivity contribution in [3.63, 3.8) is 0 Å². The molecule has 1 rings (SSSR count). The van der Waals surface area contributed by atoms with E-state index in [1.54, 1.807) is 14.0 Å². The van der Waals surface area contributed by atoms with Crippen LogP contribution in [0.3, 0.4) is 0 Å². The fourth-order valence-electron chi connectivity index (χ4n) is 1.28. The maximum Gasteiger partial charge on any atom is 0.0836 e. The molecule has 1 unspecified atom stereocenters. The molecule has 0 heterocycles. The zero-order chi connectivity index (χ0) is 11.4. The number of hydrogen-bond donors (Lipinski definition) is 2. The highest BCUT2D eigenvalue weighted by atomic mass is 16.5. The van der Waals surface area contributed by atoms with Gasteiger partial charge >= 0.3 is 0 Å². The summed E-state index contributed by atoms with van der Waals surface area (Å²) in [4.78, 5) is 0. The van der Waals surface area contributed by atoms with Crippen molar-refractivity contribution in [2.24, 2.45) is 5.16 Å². The van der Waals surface area contributed by atoms with Crippen molar-refractivity contribution in [1.29, 1.82) is 0 Å². The van der Waals surface area contributed by atoms with Gasteiger partial charge in [-0.2, -0.15) is 5.06 Å². The maximum atomic E-state index is 9.27. The summed E-state index contributed by atoms with van der Waals surface area (Å²) in [5, 5.41) is 22.1. The summed E-state index contributed by atoms with van der Waals surface area (Å²) in [5.74, 6) is 0. The Kier molecular flexibility index (Phi) is 3.82. The predicted molar refractivity (Wildman–Crippen MR) is 58.4 cm³/mol. The van der Waals surface area contributed by atoms with Gasteiger partial charge in [0.2, 0.25) is 0 Å². The average Bonchev–Trinajstić information content (AvgIpc) is 2.27. The second kappa shape index (κ2) is 4.91. The van der Waals surface area contributed by atoms with E-state index in [2.05, 4.69) is 5.16 Å². The van der Waals surface area contributed by atoms with Crippen LogP contribution in [0.1, 0.15) is 31.0 Å². The molecule has 4 nitrogen and oxygen atoms in total. The van der Waals surface area contributed by atoms with Gasteiger partial charge in [0, 0.05) is 7.05 Å². The van der Waals surface area contributed by atoms with Crippen molar-refractivity contribution in [1.82, 2.24) is 5.06 Å². The number of nitrogens with zero attached hydrogens (tertiary/aromatic N) is 2. The highest BCUT2D eigenvalue weighted by Gasteiger charge is 2.09. The Morgan fingerprint density at radius 1 is 1.33 bits per heavy atom. The van der Waals surface area contributed by atoms with Gasteiger partial charge in [-0.15, -0.1) is 0 Å². The van der Waals surface area contributed by atoms with Crippen LogP contribution >= 0.6 is 0 Å². The van der Waals surface area contributed by atoms with Crippen LogP contribution in [0.15, 0.2) is 29.4 Å². The van der Waals surface area contributed by atoms with Crippen LogP contribution < -0.4 is 0 Å². The molecular formula is C11H16N2O2. The molecule has 0 aromatic heterocycles. The Hall–Kier alpha value is -1.39. The van der Waals surface area contributed by atoms with Crippen LogP contribution in [0.4, 0.5) is 0 Å². The number of hydrogen-bond acceptors (Lipinski definition) is 4. The Morgan fingerprint density at radius 3 is 2.27 bits per heavy atom. The monoisotopic (exact) mass is 208 g/mol. The molecule has 1 atom stereocenters. The van der Waals surface area contributed by atoms with Crippen LogP contribution in [-0.4, -0.2) is 28.2 Å². The SMILES string of the molecule is C/C(=N\O)c1ccc(C(C)N(C)O)cc1. The van der Waals surface area contributed by atoms with Gasteiger partial charge in [-0.05, 0) is 25.0 Å². The van der Waals surface area contributed by atoms with Crippen LogP contribution in [0.2, 0.25) is 0 Å². The lowest BCUT2D eigenvalue weighted by Crippen LogP contribution is -2.17. The molecule has 0 saturated heterocycles. The smallest absolute Gasteiger partial charge is 0.0836 e. The van der Waals surface area contributed by atoms with E-state index in [9.17, 15) is 5.21 Å². The summed E-state index contributed by atoms with van der Waals surface area (Å²) in [6.45, 7) is 3.64. The average molecular weight is 208 g/mol. The van der Waals surface area contributed by atoms with Gasteiger partial charge in [0.1, 0.15) is 0 Å². The van der Waals surface area contributed by atoms with E-state index in [0.29, 0.717) is 5.71 Å². The molecule has 15 heavy (non-hydrogen) atoms. The first-order chi connectivity index (χ1) is 7.06. The number of hydroxylamine groups is 2. The van der Waals surface area contributed by atoms with E-state index in [1.807, 2.05) is 31.2 Å². The molecule has 0 amide bonds. The summed E-state index contributed by atoms with van der Waals surface area (Å²) in [5.41, 5.74) is 2.45. The molecule has 0 aliphatic heterocycles. The first kappa shape index (κ1) is 11.7. The fraction of sp³-hybridized carbons (Fsp3) is 0.364. The topological polar surface area (TPSA) is 56.1 Å². The van der Waals surface area contributed by atoms with Crippen LogP contribution in [0.5, 0.6) is 0 Å². The standard InChI is InChI=1S/C11H16N2O2/c1-8(12-14)10-4-6-11(7-5-10)9(2)13(3)15/h4-7,9,14-15H,1-3H3/b12-8+. The quantitative estimate of drug-likeness (QED) is 0.455. The summed E-state index contributed by atoms with van der Waals surface area (Å²) < 4.78 is 0. The maximum absolute atomic E-state index is 9.27. The molecule has 82 valence electrons. The van der Waals surface area contributed by atoms with Gasteiger partial charge < -0.3 is 10.4 Å². The number of benzene rings is 1. The van der Waals surface area contributed by atoms with Crippen molar-refractivity contribution >= 4 is 5.71 Å². The van der Waals surface area contributed by atoms with E-state index < -0.39 is 0 Å². The molecule has 4 heteroatoms. The molecule has 2 N–H and O–H groups in total. The lowest BCUT2D eigenvalue weighted by atomic mass is 10.0. The molecule has 0 bridgehead atoms. The van der Waals surface area contributed by atoms with Gasteiger partial charge in [-0.1, -0.05) is 29.4 Å². The summed E-state index contributed by atoms with van der Waals surface area (Å²) >= 11 is 0. The second-order valence-corrected chi connectivity index (χ2v) is 3.56. The molecule has 0 saturated carbocycles. The van der Waals surface area contributed by atoms with Crippen LogP contribution in [-0.2, 0) is 0 Å². The van der Waals surface area contributed by atoms with E-state index >= 15 is 0 Å². The lowest BCUT2D eigenvalue weighted by molar-refractivity contribution is -0.0984. The van der Waals surface area contributed by atoms with Gasteiger partial charge in [0.15, 0.2) is 0 Å². The van der Waals surface area contributed by atoms with Crippen molar-refractivity contribution in [3.05, 3.63) is 35.4 Å². The minimum absolute atomic E-state index is 0.0505. The highest BCUT2D eigenvalue weighted by Crippen LogP contribution is 2.17. The molecule has 0 radical (unpaired) electrons. The Bertz CT molecular complexity index is 344. The summed E-state index contributed by atoms with van der Waals surface area (Å²) in [6.07, 6.45) is 0. The number of rotatable bonds is 3. The van der Waals surface area contributed by atoms with Gasteiger partial charge in [-0.25, -0.2) is 0 Å². The first-order valence-electron chi connectivity index (χ1n) is 4.77. The molecule has 0 fully saturated rings. The van der Waals surface area contributed by atoms with Gasteiger partial charge in [-0.3, -0.25) is 0 Å². The number of oxime groups is 1. The molecule has 1 aromatic carbocycles.